The lowest BCUT2D eigenvalue weighted by Gasteiger charge is -2.33. The number of piperidine rings is 1. The molecule has 1 aliphatic carbocycles. The Hall–Kier alpha value is -0.700. The van der Waals surface area contributed by atoms with E-state index in [4.69, 9.17) is 0 Å². The van der Waals surface area contributed by atoms with Gasteiger partial charge in [0.2, 0.25) is 5.91 Å². The number of hydrogen-bond acceptors (Lipinski definition) is 2. The van der Waals surface area contributed by atoms with Crippen LogP contribution in [-0.4, -0.2) is 49.3 Å². The molecule has 140 valence electrons. The first kappa shape index (κ1) is 19.6. The molecule has 1 saturated carbocycles. The first-order valence-electron chi connectivity index (χ1n) is 7.65. The van der Waals surface area contributed by atoms with Gasteiger partial charge in [0.1, 0.15) is 0 Å². The van der Waals surface area contributed by atoms with E-state index in [2.05, 4.69) is 5.32 Å². The highest BCUT2D eigenvalue weighted by Gasteiger charge is 2.73. The Bertz CT molecular complexity index is 486. The molecule has 1 N–H and O–H groups in total. The molecule has 0 radical (unpaired) electrons. The minimum atomic E-state index is -5.41. The van der Waals surface area contributed by atoms with Crippen LogP contribution in [0.4, 0.5) is 26.3 Å². The van der Waals surface area contributed by atoms with Gasteiger partial charge in [-0.25, -0.2) is 0 Å². The number of carbonyl (C=O) groups is 1. The van der Waals surface area contributed by atoms with E-state index in [1.807, 2.05) is 0 Å². The van der Waals surface area contributed by atoms with Gasteiger partial charge >= 0.3 is 12.4 Å². The average Bonchev–Trinajstić information content (AvgIpc) is 2.93. The van der Waals surface area contributed by atoms with Crippen molar-refractivity contribution < 1.29 is 31.1 Å². The van der Waals surface area contributed by atoms with Gasteiger partial charge in [-0.05, 0) is 44.2 Å². The summed E-state index contributed by atoms with van der Waals surface area (Å²) in [6.45, 7) is -0.315. The van der Waals surface area contributed by atoms with Crippen molar-refractivity contribution in [3.05, 3.63) is 0 Å². The van der Waals surface area contributed by atoms with Crippen molar-refractivity contribution in [2.45, 2.75) is 38.0 Å². The molecule has 0 bridgehead atoms. The summed E-state index contributed by atoms with van der Waals surface area (Å²) in [4.78, 5) is 13.2. The molecule has 0 aromatic carbocycles. The van der Waals surface area contributed by atoms with E-state index in [1.165, 1.54) is 0 Å². The van der Waals surface area contributed by atoms with Gasteiger partial charge in [0.05, 0.1) is 0 Å². The molecule has 10 heteroatoms. The normalized spacial score (nSPS) is 28.6. The van der Waals surface area contributed by atoms with Crippen molar-refractivity contribution in [3.63, 3.8) is 0 Å². The van der Waals surface area contributed by atoms with Gasteiger partial charge in [-0.1, -0.05) is 0 Å². The summed E-state index contributed by atoms with van der Waals surface area (Å²) >= 11 is 0. The number of hydrogen-bond donors (Lipinski definition) is 1. The van der Waals surface area contributed by atoms with E-state index in [1.54, 1.807) is 0 Å². The second kappa shape index (κ2) is 5.93. The lowest BCUT2D eigenvalue weighted by atomic mass is 9.85. The van der Waals surface area contributed by atoms with Crippen LogP contribution in [0.1, 0.15) is 25.7 Å². The number of likely N-dealkylation sites (tertiary alicyclic amines) is 1. The van der Waals surface area contributed by atoms with Gasteiger partial charge in [-0.15, -0.1) is 12.4 Å². The summed E-state index contributed by atoms with van der Waals surface area (Å²) in [7, 11) is 0. The summed E-state index contributed by atoms with van der Waals surface area (Å²) in [5.74, 6) is -0.954. The maximum atomic E-state index is 13.0. The van der Waals surface area contributed by atoms with Crippen molar-refractivity contribution in [1.29, 1.82) is 0 Å². The van der Waals surface area contributed by atoms with E-state index >= 15 is 0 Å². The van der Waals surface area contributed by atoms with Gasteiger partial charge in [-0.3, -0.25) is 4.79 Å². The average molecular weight is 381 g/mol. The van der Waals surface area contributed by atoms with Crippen LogP contribution in [0, 0.1) is 16.7 Å². The third-order valence-electron chi connectivity index (χ3n) is 5.75. The summed E-state index contributed by atoms with van der Waals surface area (Å²) in [5, 5.41) is 3.14. The number of carbonyl (C=O) groups excluding carboxylic acids is 1. The van der Waals surface area contributed by atoms with Crippen LogP contribution < -0.4 is 5.32 Å². The number of amides is 1. The van der Waals surface area contributed by atoms with Crippen molar-refractivity contribution >= 4 is 18.3 Å². The van der Waals surface area contributed by atoms with Crippen molar-refractivity contribution in [2.24, 2.45) is 16.7 Å². The minimum Gasteiger partial charge on any atom is -0.341 e. The van der Waals surface area contributed by atoms with E-state index < -0.39 is 49.1 Å². The van der Waals surface area contributed by atoms with E-state index in [0.717, 1.165) is 30.8 Å². The first-order chi connectivity index (χ1) is 10.5. The van der Waals surface area contributed by atoms with E-state index in [-0.39, 0.29) is 17.8 Å². The molecular weight excluding hydrogens is 362 g/mol. The van der Waals surface area contributed by atoms with Crippen LogP contribution >= 0.6 is 12.4 Å². The molecule has 2 saturated heterocycles. The fraction of sp³-hybridized carbons (Fsp3) is 0.929. The minimum absolute atomic E-state index is 0. The lowest BCUT2D eigenvalue weighted by molar-refractivity contribution is -0.334. The zero-order valence-corrected chi connectivity index (χ0v) is 13.6. The molecule has 0 aromatic heterocycles. The molecule has 3 aliphatic rings. The quantitative estimate of drug-likeness (QED) is 0.709. The van der Waals surface area contributed by atoms with Crippen LogP contribution in [0.15, 0.2) is 0 Å². The highest BCUT2D eigenvalue weighted by atomic mass is 35.5. The molecule has 3 nitrogen and oxygen atoms in total. The second-order valence-corrected chi connectivity index (χ2v) is 6.96. The van der Waals surface area contributed by atoms with Crippen LogP contribution in [0.25, 0.3) is 0 Å². The zero-order chi connectivity index (χ0) is 17.1. The number of alkyl halides is 6. The van der Waals surface area contributed by atoms with Crippen molar-refractivity contribution in [1.82, 2.24) is 10.2 Å². The molecule has 3 fully saturated rings. The maximum absolute atomic E-state index is 13.0. The van der Waals surface area contributed by atoms with Crippen LogP contribution in [0.3, 0.4) is 0 Å². The van der Waals surface area contributed by atoms with Gasteiger partial charge in [0.25, 0.3) is 0 Å². The Labute approximate surface area is 141 Å². The van der Waals surface area contributed by atoms with Gasteiger partial charge in [0, 0.05) is 19.0 Å². The number of halogens is 7. The number of nitrogens with zero attached hydrogens (tertiary/aromatic N) is 1. The zero-order valence-electron chi connectivity index (χ0n) is 12.8. The van der Waals surface area contributed by atoms with Gasteiger partial charge in [0.15, 0.2) is 5.41 Å². The molecule has 1 atom stereocenters. The Morgan fingerprint density at radius 1 is 1.00 bits per heavy atom. The fourth-order valence-electron chi connectivity index (χ4n) is 4.02. The summed E-state index contributed by atoms with van der Waals surface area (Å²) in [5.41, 5.74) is -3.99. The standard InChI is InChI=1S/C14H18F6N2O.ClH/c15-13(16,17)12(14(18,19)20)3-6-22(8-12)10(23)9-7-11(9)1-4-21-5-2-11;/h9,21H,1-8H2;1H. The summed E-state index contributed by atoms with van der Waals surface area (Å²) in [6.07, 6.45) is -9.84. The Morgan fingerprint density at radius 3 is 2.00 bits per heavy atom. The Kier molecular flexibility index (Phi) is 4.85. The predicted molar refractivity (Wildman–Crippen MR) is 75.6 cm³/mol. The van der Waals surface area contributed by atoms with Crippen LogP contribution in [0.5, 0.6) is 0 Å². The van der Waals surface area contributed by atoms with Crippen molar-refractivity contribution in [2.75, 3.05) is 26.2 Å². The molecule has 2 heterocycles. The Morgan fingerprint density at radius 2 is 1.54 bits per heavy atom. The summed E-state index contributed by atoms with van der Waals surface area (Å²) in [6, 6.07) is 0. The number of nitrogens with one attached hydrogen (secondary N) is 1. The maximum Gasteiger partial charge on any atom is 0.404 e. The molecule has 1 unspecified atom stereocenters. The summed E-state index contributed by atoms with van der Waals surface area (Å²) < 4.78 is 78.3. The number of rotatable bonds is 1. The van der Waals surface area contributed by atoms with Crippen LogP contribution in [0.2, 0.25) is 0 Å². The van der Waals surface area contributed by atoms with Crippen LogP contribution in [-0.2, 0) is 4.79 Å². The molecule has 1 amide bonds. The molecule has 1 spiro atoms. The lowest BCUT2D eigenvalue weighted by Crippen LogP contribution is -2.52. The smallest absolute Gasteiger partial charge is 0.341 e. The largest absolute Gasteiger partial charge is 0.404 e. The topological polar surface area (TPSA) is 32.3 Å². The highest BCUT2D eigenvalue weighted by molar-refractivity contribution is 5.85. The SMILES string of the molecule is Cl.O=C(C1CC12CCNCC2)N1CCC(C(F)(F)F)(C(F)(F)F)C1. The third kappa shape index (κ3) is 2.87. The van der Waals surface area contributed by atoms with Gasteiger partial charge in [-0.2, -0.15) is 26.3 Å². The molecule has 24 heavy (non-hydrogen) atoms. The molecule has 0 aromatic rings. The predicted octanol–water partition coefficient (Wildman–Crippen LogP) is 3.14. The van der Waals surface area contributed by atoms with E-state index in [0.29, 0.717) is 6.42 Å². The third-order valence-corrected chi connectivity index (χ3v) is 5.75. The first-order valence-corrected chi connectivity index (χ1v) is 7.65. The Balaban J connectivity index is 0.00000208. The monoisotopic (exact) mass is 380 g/mol. The fourth-order valence-corrected chi connectivity index (χ4v) is 4.02. The molecule has 3 rings (SSSR count). The van der Waals surface area contributed by atoms with Crippen molar-refractivity contribution in [3.8, 4) is 0 Å². The van der Waals surface area contributed by atoms with E-state index in [9.17, 15) is 31.1 Å². The second-order valence-electron chi connectivity index (χ2n) is 6.96. The molecule has 2 aliphatic heterocycles. The van der Waals surface area contributed by atoms with Gasteiger partial charge < -0.3 is 10.2 Å². The molecular formula is C14H19ClF6N2O. The highest BCUT2D eigenvalue weighted by Crippen LogP contribution is 2.61.